The first-order valence-corrected chi connectivity index (χ1v) is 13.6. The van der Waals surface area contributed by atoms with Gasteiger partial charge in [-0.3, -0.25) is 4.79 Å². The molecular formula is C30H34BrN3O2. The SMILES string of the molecule is Cc1cccc(OCCCCn2c(CCCCCNC(=O)c3cccc(Br)c3)nc3ccccc32)c1. The van der Waals surface area contributed by atoms with Gasteiger partial charge in [0.15, 0.2) is 0 Å². The summed E-state index contributed by atoms with van der Waals surface area (Å²) in [5, 5.41) is 3.02. The molecule has 0 unspecified atom stereocenters. The minimum Gasteiger partial charge on any atom is -0.494 e. The standard InChI is InChI=1S/C30H34BrN3O2/c1-23-11-9-14-26(21-23)36-20-8-7-19-34-28-16-5-4-15-27(28)33-29(34)17-3-2-6-18-32-30(35)24-12-10-13-25(31)22-24/h4-5,9-16,21-22H,2-3,6-8,17-20H2,1H3,(H,32,35). The Balaban J connectivity index is 1.22. The Morgan fingerprint density at radius 1 is 0.944 bits per heavy atom. The number of nitrogens with one attached hydrogen (secondary N) is 1. The minimum absolute atomic E-state index is 0.0236. The number of halogens is 1. The van der Waals surface area contributed by atoms with E-state index in [-0.39, 0.29) is 5.91 Å². The molecule has 1 heterocycles. The Kier molecular flexibility index (Phi) is 9.56. The molecule has 0 saturated heterocycles. The van der Waals surface area contributed by atoms with Crippen LogP contribution in [0.5, 0.6) is 5.75 Å². The largest absolute Gasteiger partial charge is 0.494 e. The summed E-state index contributed by atoms with van der Waals surface area (Å²) in [5.74, 6) is 2.06. The Morgan fingerprint density at radius 3 is 2.67 bits per heavy atom. The van der Waals surface area contributed by atoms with Gasteiger partial charge in [0.25, 0.3) is 5.91 Å². The third-order valence-corrected chi connectivity index (χ3v) is 6.71. The summed E-state index contributed by atoms with van der Waals surface area (Å²) in [6.45, 7) is 4.42. The van der Waals surface area contributed by atoms with Crippen LogP contribution in [-0.2, 0) is 13.0 Å². The zero-order chi connectivity index (χ0) is 25.2. The number of unbranched alkanes of at least 4 members (excludes halogenated alkanes) is 3. The number of benzene rings is 3. The molecule has 0 spiro atoms. The van der Waals surface area contributed by atoms with Gasteiger partial charge in [-0.1, -0.05) is 52.7 Å². The number of carbonyl (C=O) groups excluding carboxylic acids is 1. The van der Waals surface area contributed by atoms with Crippen molar-refractivity contribution in [3.05, 3.63) is 94.2 Å². The third kappa shape index (κ3) is 7.44. The van der Waals surface area contributed by atoms with E-state index in [9.17, 15) is 4.79 Å². The van der Waals surface area contributed by atoms with E-state index >= 15 is 0 Å². The molecule has 0 aliphatic heterocycles. The molecule has 0 atom stereocenters. The normalized spacial score (nSPS) is 11.1. The van der Waals surface area contributed by atoms with Crippen LogP contribution in [0.4, 0.5) is 0 Å². The fourth-order valence-electron chi connectivity index (χ4n) is 4.35. The molecular weight excluding hydrogens is 514 g/mol. The molecule has 5 nitrogen and oxygen atoms in total. The average molecular weight is 549 g/mol. The molecule has 36 heavy (non-hydrogen) atoms. The zero-order valence-corrected chi connectivity index (χ0v) is 22.5. The second-order valence-electron chi connectivity index (χ2n) is 9.12. The highest BCUT2D eigenvalue weighted by atomic mass is 79.9. The fourth-order valence-corrected chi connectivity index (χ4v) is 4.75. The topological polar surface area (TPSA) is 56.1 Å². The summed E-state index contributed by atoms with van der Waals surface area (Å²) >= 11 is 3.41. The number of amides is 1. The highest BCUT2D eigenvalue weighted by Gasteiger charge is 2.10. The summed E-state index contributed by atoms with van der Waals surface area (Å²) in [5.41, 5.74) is 4.16. The van der Waals surface area contributed by atoms with E-state index < -0.39 is 0 Å². The molecule has 1 amide bonds. The first kappa shape index (κ1) is 26.0. The average Bonchev–Trinajstić information content (AvgIpc) is 3.23. The van der Waals surface area contributed by atoms with Gasteiger partial charge >= 0.3 is 0 Å². The molecule has 0 aliphatic rings. The van der Waals surface area contributed by atoms with Gasteiger partial charge in [-0.05, 0) is 80.6 Å². The molecule has 1 aromatic heterocycles. The number of aromatic nitrogens is 2. The molecule has 0 aliphatic carbocycles. The van der Waals surface area contributed by atoms with Crippen LogP contribution in [0.15, 0.2) is 77.3 Å². The number of imidazole rings is 1. The molecule has 0 fully saturated rings. The number of nitrogens with zero attached hydrogens (tertiary/aromatic N) is 2. The van der Waals surface area contributed by atoms with Crippen LogP contribution in [0.2, 0.25) is 0 Å². The van der Waals surface area contributed by atoms with E-state index in [1.54, 1.807) is 0 Å². The fraction of sp³-hybridized carbons (Fsp3) is 0.333. The predicted octanol–water partition coefficient (Wildman–Crippen LogP) is 7.11. The molecule has 0 radical (unpaired) electrons. The summed E-state index contributed by atoms with van der Waals surface area (Å²) in [4.78, 5) is 17.2. The number of para-hydroxylation sites is 2. The van der Waals surface area contributed by atoms with Crippen LogP contribution >= 0.6 is 15.9 Å². The lowest BCUT2D eigenvalue weighted by atomic mass is 10.1. The molecule has 6 heteroatoms. The second kappa shape index (κ2) is 13.3. The van der Waals surface area contributed by atoms with Crippen molar-refractivity contribution in [2.45, 2.75) is 52.0 Å². The maximum atomic E-state index is 12.3. The number of carbonyl (C=O) groups is 1. The van der Waals surface area contributed by atoms with Crippen molar-refractivity contribution >= 4 is 32.9 Å². The van der Waals surface area contributed by atoms with Crippen LogP contribution in [0.1, 0.15) is 53.8 Å². The quantitative estimate of drug-likeness (QED) is 0.181. The number of rotatable bonds is 13. The Bertz CT molecular complexity index is 1280. The van der Waals surface area contributed by atoms with Crippen molar-refractivity contribution in [3.8, 4) is 5.75 Å². The number of hydrogen-bond donors (Lipinski definition) is 1. The lowest BCUT2D eigenvalue weighted by molar-refractivity contribution is 0.0953. The highest BCUT2D eigenvalue weighted by Crippen LogP contribution is 2.19. The number of hydrogen-bond acceptors (Lipinski definition) is 3. The van der Waals surface area contributed by atoms with E-state index in [0.29, 0.717) is 12.1 Å². The zero-order valence-electron chi connectivity index (χ0n) is 20.9. The second-order valence-corrected chi connectivity index (χ2v) is 10.0. The number of fused-ring (bicyclic) bond motifs is 1. The Morgan fingerprint density at radius 2 is 1.81 bits per heavy atom. The Hall–Kier alpha value is -3.12. The Labute approximate surface area is 222 Å². The monoisotopic (exact) mass is 547 g/mol. The third-order valence-electron chi connectivity index (χ3n) is 6.22. The van der Waals surface area contributed by atoms with Crippen molar-refractivity contribution in [3.63, 3.8) is 0 Å². The number of ether oxygens (including phenoxy) is 1. The van der Waals surface area contributed by atoms with Gasteiger partial charge in [-0.25, -0.2) is 4.98 Å². The van der Waals surface area contributed by atoms with Crippen LogP contribution in [-0.4, -0.2) is 28.6 Å². The summed E-state index contributed by atoms with van der Waals surface area (Å²) in [6.07, 6.45) is 6.03. The van der Waals surface area contributed by atoms with Gasteiger partial charge in [0, 0.05) is 29.5 Å². The van der Waals surface area contributed by atoms with Crippen molar-refractivity contribution in [1.82, 2.24) is 14.9 Å². The van der Waals surface area contributed by atoms with Crippen molar-refractivity contribution in [2.24, 2.45) is 0 Å². The van der Waals surface area contributed by atoms with Gasteiger partial charge in [0.05, 0.1) is 17.6 Å². The van der Waals surface area contributed by atoms with Gasteiger partial charge in [-0.2, -0.15) is 0 Å². The minimum atomic E-state index is -0.0236. The van der Waals surface area contributed by atoms with Crippen LogP contribution in [0, 0.1) is 6.92 Å². The number of aryl methyl sites for hydroxylation is 3. The van der Waals surface area contributed by atoms with E-state index in [0.717, 1.165) is 73.2 Å². The molecule has 0 saturated carbocycles. The van der Waals surface area contributed by atoms with E-state index in [4.69, 9.17) is 9.72 Å². The van der Waals surface area contributed by atoms with E-state index in [2.05, 4.69) is 63.1 Å². The summed E-state index contributed by atoms with van der Waals surface area (Å²) in [7, 11) is 0. The van der Waals surface area contributed by atoms with Crippen LogP contribution < -0.4 is 10.1 Å². The summed E-state index contributed by atoms with van der Waals surface area (Å²) < 4.78 is 9.21. The van der Waals surface area contributed by atoms with E-state index in [1.807, 2.05) is 42.5 Å². The molecule has 1 N–H and O–H groups in total. The lowest BCUT2D eigenvalue weighted by Gasteiger charge is -2.11. The highest BCUT2D eigenvalue weighted by molar-refractivity contribution is 9.10. The van der Waals surface area contributed by atoms with Gasteiger partial charge in [0.2, 0.25) is 0 Å². The van der Waals surface area contributed by atoms with E-state index in [1.165, 1.54) is 11.1 Å². The molecule has 4 aromatic rings. The smallest absolute Gasteiger partial charge is 0.251 e. The maximum Gasteiger partial charge on any atom is 0.251 e. The van der Waals surface area contributed by atoms with Crippen molar-refractivity contribution < 1.29 is 9.53 Å². The van der Waals surface area contributed by atoms with Crippen LogP contribution in [0.25, 0.3) is 11.0 Å². The van der Waals surface area contributed by atoms with Crippen LogP contribution in [0.3, 0.4) is 0 Å². The molecule has 188 valence electrons. The van der Waals surface area contributed by atoms with Gasteiger partial charge in [0.1, 0.15) is 11.6 Å². The predicted molar refractivity (Wildman–Crippen MR) is 150 cm³/mol. The van der Waals surface area contributed by atoms with Gasteiger partial charge < -0.3 is 14.6 Å². The molecule has 0 bridgehead atoms. The van der Waals surface area contributed by atoms with Crippen molar-refractivity contribution in [2.75, 3.05) is 13.2 Å². The maximum absolute atomic E-state index is 12.3. The van der Waals surface area contributed by atoms with Gasteiger partial charge in [-0.15, -0.1) is 0 Å². The first-order valence-electron chi connectivity index (χ1n) is 12.8. The molecule has 3 aromatic carbocycles. The van der Waals surface area contributed by atoms with Crippen molar-refractivity contribution in [1.29, 1.82) is 0 Å². The first-order chi connectivity index (χ1) is 17.6. The summed E-state index contributed by atoms with van der Waals surface area (Å²) in [6, 6.07) is 24.1. The lowest BCUT2D eigenvalue weighted by Crippen LogP contribution is -2.24. The molecule has 4 rings (SSSR count).